The normalized spacial score (nSPS) is 48.2. The van der Waals surface area contributed by atoms with Crippen LogP contribution in [0.15, 0.2) is 0 Å². The van der Waals surface area contributed by atoms with Crippen LogP contribution in [-0.2, 0) is 0 Å². The van der Waals surface area contributed by atoms with Crippen molar-refractivity contribution in [2.45, 2.75) is 51.2 Å². The lowest BCUT2D eigenvalue weighted by Gasteiger charge is -2.26. The van der Waals surface area contributed by atoms with Crippen LogP contribution in [0, 0.1) is 5.92 Å². The highest BCUT2D eigenvalue weighted by Crippen LogP contribution is 2.41. The van der Waals surface area contributed by atoms with Gasteiger partial charge in [0.05, 0.1) is 0 Å². The zero-order valence-corrected chi connectivity index (χ0v) is 8.03. The summed E-state index contributed by atoms with van der Waals surface area (Å²) in [5, 5.41) is 8.98. The average molecular weight is 169 g/mol. The molecule has 4 atom stereocenters. The Morgan fingerprint density at radius 2 is 1.83 bits per heavy atom. The number of hydrogen-bond acceptors (Lipinski definition) is 2. The molecule has 1 N–H and O–H groups in total. The maximum Gasteiger partial charge on any atom is 0.0474 e. The summed E-state index contributed by atoms with van der Waals surface area (Å²) in [5.41, 5.74) is 0. The molecule has 4 unspecified atom stereocenters. The van der Waals surface area contributed by atoms with Gasteiger partial charge in [-0.25, -0.2) is 0 Å². The van der Waals surface area contributed by atoms with Gasteiger partial charge in [-0.3, -0.25) is 4.90 Å². The third kappa shape index (κ3) is 1.27. The lowest BCUT2D eigenvalue weighted by Crippen LogP contribution is -2.36. The summed E-state index contributed by atoms with van der Waals surface area (Å²) in [6, 6.07) is 2.21. The Balaban J connectivity index is 1.94. The number of aliphatic hydroxyl groups excluding tert-OH is 1. The molecule has 12 heavy (non-hydrogen) atoms. The van der Waals surface area contributed by atoms with Crippen molar-refractivity contribution in [2.75, 3.05) is 6.61 Å². The van der Waals surface area contributed by atoms with Gasteiger partial charge in [-0.05, 0) is 39.0 Å². The highest BCUT2D eigenvalue weighted by Gasteiger charge is 2.46. The van der Waals surface area contributed by atoms with E-state index in [1.165, 1.54) is 19.3 Å². The van der Waals surface area contributed by atoms with Gasteiger partial charge in [0.15, 0.2) is 0 Å². The van der Waals surface area contributed by atoms with Crippen molar-refractivity contribution < 1.29 is 5.11 Å². The molecule has 2 fully saturated rings. The SMILES string of the molecule is CC1CCC(C)N1C1CC1CO. The Morgan fingerprint density at radius 3 is 2.25 bits per heavy atom. The quantitative estimate of drug-likeness (QED) is 0.672. The summed E-state index contributed by atoms with van der Waals surface area (Å²) in [6.07, 6.45) is 3.91. The molecule has 2 rings (SSSR count). The third-order valence-corrected chi connectivity index (χ3v) is 3.52. The first-order chi connectivity index (χ1) is 5.74. The molecular formula is C10H19NO. The van der Waals surface area contributed by atoms with Crippen molar-refractivity contribution in [3.63, 3.8) is 0 Å². The van der Waals surface area contributed by atoms with E-state index in [0.29, 0.717) is 18.6 Å². The van der Waals surface area contributed by atoms with Gasteiger partial charge in [0.2, 0.25) is 0 Å². The highest BCUT2D eigenvalue weighted by molar-refractivity contribution is 5.00. The van der Waals surface area contributed by atoms with Crippen molar-refractivity contribution in [1.82, 2.24) is 4.90 Å². The van der Waals surface area contributed by atoms with Crippen molar-refractivity contribution in [1.29, 1.82) is 0 Å². The molecule has 70 valence electrons. The lowest BCUT2D eigenvalue weighted by atomic mass is 10.2. The molecule has 0 radical (unpaired) electrons. The van der Waals surface area contributed by atoms with E-state index in [-0.39, 0.29) is 0 Å². The smallest absolute Gasteiger partial charge is 0.0474 e. The van der Waals surface area contributed by atoms with Crippen molar-refractivity contribution in [3.8, 4) is 0 Å². The first kappa shape index (κ1) is 8.52. The zero-order chi connectivity index (χ0) is 8.72. The number of likely N-dealkylation sites (tertiary alicyclic amines) is 1. The lowest BCUT2D eigenvalue weighted by molar-refractivity contribution is 0.175. The number of rotatable bonds is 2. The number of aliphatic hydroxyl groups is 1. The Morgan fingerprint density at radius 1 is 1.25 bits per heavy atom. The second-order valence-electron chi connectivity index (χ2n) is 4.47. The highest BCUT2D eigenvalue weighted by atomic mass is 16.3. The minimum absolute atomic E-state index is 0.389. The van der Waals surface area contributed by atoms with Crippen molar-refractivity contribution in [2.24, 2.45) is 5.92 Å². The molecule has 1 heterocycles. The maximum atomic E-state index is 8.98. The van der Waals surface area contributed by atoms with E-state index in [0.717, 1.165) is 12.1 Å². The Kier molecular flexibility index (Phi) is 2.13. The van der Waals surface area contributed by atoms with E-state index < -0.39 is 0 Å². The van der Waals surface area contributed by atoms with E-state index in [2.05, 4.69) is 18.7 Å². The minimum Gasteiger partial charge on any atom is -0.396 e. The fraction of sp³-hybridized carbons (Fsp3) is 1.00. The van der Waals surface area contributed by atoms with Gasteiger partial charge in [-0.2, -0.15) is 0 Å². The zero-order valence-electron chi connectivity index (χ0n) is 8.03. The van der Waals surface area contributed by atoms with E-state index in [4.69, 9.17) is 5.11 Å². The molecule has 2 heteroatoms. The Bertz CT molecular complexity index is 161. The van der Waals surface area contributed by atoms with Crippen LogP contribution < -0.4 is 0 Å². The Labute approximate surface area is 74.6 Å². The average Bonchev–Trinajstić information content (AvgIpc) is 2.74. The van der Waals surface area contributed by atoms with Gasteiger partial charge in [0.1, 0.15) is 0 Å². The van der Waals surface area contributed by atoms with Gasteiger partial charge < -0.3 is 5.11 Å². The van der Waals surface area contributed by atoms with Crippen LogP contribution in [-0.4, -0.2) is 34.7 Å². The topological polar surface area (TPSA) is 23.5 Å². The van der Waals surface area contributed by atoms with E-state index in [9.17, 15) is 0 Å². The molecule has 0 aromatic heterocycles. The minimum atomic E-state index is 0.389. The standard InChI is InChI=1S/C10H19NO/c1-7-3-4-8(2)11(7)10-5-9(10)6-12/h7-10,12H,3-6H2,1-2H3. The van der Waals surface area contributed by atoms with Gasteiger partial charge in [0, 0.05) is 24.7 Å². The first-order valence-electron chi connectivity index (χ1n) is 5.12. The monoisotopic (exact) mass is 169 g/mol. The predicted octanol–water partition coefficient (Wildman–Crippen LogP) is 1.24. The molecule has 0 amide bonds. The van der Waals surface area contributed by atoms with Crippen LogP contribution in [0.5, 0.6) is 0 Å². The molecule has 0 aromatic carbocycles. The molecule has 1 aliphatic carbocycles. The summed E-state index contributed by atoms with van der Waals surface area (Å²) in [6.45, 7) is 5.02. The predicted molar refractivity (Wildman–Crippen MR) is 49.0 cm³/mol. The van der Waals surface area contributed by atoms with Crippen LogP contribution in [0.4, 0.5) is 0 Å². The van der Waals surface area contributed by atoms with Crippen LogP contribution >= 0.6 is 0 Å². The summed E-state index contributed by atoms with van der Waals surface area (Å²) < 4.78 is 0. The first-order valence-corrected chi connectivity index (χ1v) is 5.12. The van der Waals surface area contributed by atoms with Gasteiger partial charge >= 0.3 is 0 Å². The molecular weight excluding hydrogens is 150 g/mol. The van der Waals surface area contributed by atoms with Crippen LogP contribution in [0.1, 0.15) is 33.1 Å². The number of nitrogens with zero attached hydrogens (tertiary/aromatic N) is 1. The van der Waals surface area contributed by atoms with E-state index in [1.54, 1.807) is 0 Å². The van der Waals surface area contributed by atoms with Gasteiger partial charge in [-0.1, -0.05) is 0 Å². The van der Waals surface area contributed by atoms with Crippen LogP contribution in [0.25, 0.3) is 0 Å². The molecule has 1 saturated heterocycles. The second-order valence-corrected chi connectivity index (χ2v) is 4.47. The summed E-state index contributed by atoms with van der Waals surface area (Å²) in [7, 11) is 0. The van der Waals surface area contributed by atoms with Crippen molar-refractivity contribution >= 4 is 0 Å². The number of hydrogen-bond donors (Lipinski definition) is 1. The van der Waals surface area contributed by atoms with E-state index >= 15 is 0 Å². The van der Waals surface area contributed by atoms with Gasteiger partial charge in [-0.15, -0.1) is 0 Å². The van der Waals surface area contributed by atoms with Gasteiger partial charge in [0.25, 0.3) is 0 Å². The van der Waals surface area contributed by atoms with Crippen molar-refractivity contribution in [3.05, 3.63) is 0 Å². The second kappa shape index (κ2) is 3.00. The largest absolute Gasteiger partial charge is 0.396 e. The molecule has 0 bridgehead atoms. The summed E-state index contributed by atoms with van der Waals surface area (Å²) in [4.78, 5) is 2.61. The molecule has 2 nitrogen and oxygen atoms in total. The third-order valence-electron chi connectivity index (χ3n) is 3.52. The molecule has 1 aliphatic heterocycles. The fourth-order valence-corrected chi connectivity index (χ4v) is 2.66. The van der Waals surface area contributed by atoms with Crippen LogP contribution in [0.2, 0.25) is 0 Å². The molecule has 1 saturated carbocycles. The van der Waals surface area contributed by atoms with Crippen LogP contribution in [0.3, 0.4) is 0 Å². The van der Waals surface area contributed by atoms with E-state index in [1.807, 2.05) is 0 Å². The maximum absolute atomic E-state index is 8.98. The summed E-state index contributed by atoms with van der Waals surface area (Å²) in [5.74, 6) is 0.591. The fourth-order valence-electron chi connectivity index (χ4n) is 2.66. The molecule has 2 aliphatic rings. The molecule has 0 spiro atoms. The molecule has 0 aromatic rings. The Hall–Kier alpha value is -0.0800. The summed E-state index contributed by atoms with van der Waals surface area (Å²) >= 11 is 0.